The fourth-order valence-electron chi connectivity index (χ4n) is 3.00. The lowest BCUT2D eigenvalue weighted by Crippen LogP contribution is -2.50. The number of carbonyl (C=O) groups excluding carboxylic acids is 1. The highest BCUT2D eigenvalue weighted by Gasteiger charge is 2.44. The van der Waals surface area contributed by atoms with Gasteiger partial charge in [0, 0.05) is 19.2 Å². The van der Waals surface area contributed by atoms with Gasteiger partial charge in [0.2, 0.25) is 0 Å². The number of likely N-dealkylation sites (tertiary alicyclic amines) is 1. The van der Waals surface area contributed by atoms with Crippen LogP contribution in [0, 0.1) is 5.92 Å². The van der Waals surface area contributed by atoms with Gasteiger partial charge in [0.1, 0.15) is 5.69 Å². The molecule has 0 N–H and O–H groups in total. The van der Waals surface area contributed by atoms with E-state index in [0.717, 1.165) is 31.5 Å². The molecule has 1 saturated heterocycles. The third kappa shape index (κ3) is 2.77. The number of oxime groups is 1. The van der Waals surface area contributed by atoms with Crippen LogP contribution in [0.4, 0.5) is 0 Å². The van der Waals surface area contributed by atoms with Crippen LogP contribution in [-0.4, -0.2) is 40.2 Å². The molecule has 112 valence electrons. The van der Waals surface area contributed by atoms with Gasteiger partial charge in [-0.2, -0.15) is 0 Å². The number of pyridine rings is 1. The highest BCUT2D eigenvalue weighted by Crippen LogP contribution is 2.35. The van der Waals surface area contributed by atoms with Gasteiger partial charge >= 0.3 is 0 Å². The number of rotatable bonds is 2. The van der Waals surface area contributed by atoms with Gasteiger partial charge in [-0.15, -0.1) is 0 Å². The Hall–Kier alpha value is -1.91. The van der Waals surface area contributed by atoms with Crippen LogP contribution in [0.5, 0.6) is 0 Å². The van der Waals surface area contributed by atoms with E-state index < -0.39 is 0 Å². The fraction of sp³-hybridized carbons (Fsp3) is 0.562. The van der Waals surface area contributed by atoms with Gasteiger partial charge in [0.05, 0.1) is 12.3 Å². The van der Waals surface area contributed by atoms with Crippen LogP contribution < -0.4 is 0 Å². The molecule has 5 nitrogen and oxygen atoms in total. The quantitative estimate of drug-likeness (QED) is 0.839. The maximum Gasteiger partial charge on any atom is 0.272 e. The summed E-state index contributed by atoms with van der Waals surface area (Å²) in [6, 6.07) is 5.42. The molecule has 1 aromatic rings. The lowest BCUT2D eigenvalue weighted by atomic mass is 9.85. The molecular weight excluding hydrogens is 266 g/mol. The molecule has 3 rings (SSSR count). The van der Waals surface area contributed by atoms with Crippen molar-refractivity contribution in [3.05, 3.63) is 30.1 Å². The molecule has 1 fully saturated rings. The summed E-state index contributed by atoms with van der Waals surface area (Å²) in [5, 5.41) is 4.24. The van der Waals surface area contributed by atoms with E-state index in [1.54, 1.807) is 12.3 Å². The SMILES string of the molecule is CC(C)C1=NOC2(CCCN(C(=O)c3ccccn3)C2)C1. The molecule has 1 atom stereocenters. The summed E-state index contributed by atoms with van der Waals surface area (Å²) in [5.41, 5.74) is 1.28. The first kappa shape index (κ1) is 14.0. The normalized spacial score (nSPS) is 25.1. The molecular formula is C16H21N3O2. The summed E-state index contributed by atoms with van der Waals surface area (Å²) in [6.45, 7) is 5.61. The van der Waals surface area contributed by atoms with Crippen LogP contribution in [0.15, 0.2) is 29.6 Å². The molecule has 2 aliphatic heterocycles. The molecule has 1 unspecified atom stereocenters. The number of aromatic nitrogens is 1. The molecule has 3 heterocycles. The number of hydrogen-bond acceptors (Lipinski definition) is 4. The van der Waals surface area contributed by atoms with Gasteiger partial charge in [-0.05, 0) is 30.9 Å². The molecule has 2 aliphatic rings. The first-order valence-electron chi connectivity index (χ1n) is 7.55. The zero-order chi connectivity index (χ0) is 14.9. The third-order valence-electron chi connectivity index (χ3n) is 4.24. The average Bonchev–Trinajstić information content (AvgIpc) is 2.91. The molecule has 0 bridgehead atoms. The van der Waals surface area contributed by atoms with E-state index in [9.17, 15) is 4.79 Å². The molecule has 21 heavy (non-hydrogen) atoms. The number of piperidine rings is 1. The maximum absolute atomic E-state index is 12.5. The Bertz CT molecular complexity index is 556. The van der Waals surface area contributed by atoms with Gasteiger partial charge in [-0.25, -0.2) is 0 Å². The highest BCUT2D eigenvalue weighted by molar-refractivity contribution is 5.92. The Kier molecular flexibility index (Phi) is 3.66. The monoisotopic (exact) mass is 287 g/mol. The number of hydrogen-bond donors (Lipinski definition) is 0. The standard InChI is InChI=1S/C16H21N3O2/c1-12(2)14-10-16(21-18-14)7-5-9-19(11-16)15(20)13-6-3-4-8-17-13/h3-4,6,8,12H,5,7,9-11H2,1-2H3. The third-order valence-corrected chi connectivity index (χ3v) is 4.24. The van der Waals surface area contributed by atoms with Crippen LogP contribution in [0.2, 0.25) is 0 Å². The van der Waals surface area contributed by atoms with Crippen molar-refractivity contribution in [2.45, 2.75) is 38.7 Å². The maximum atomic E-state index is 12.5. The van der Waals surface area contributed by atoms with Crippen molar-refractivity contribution in [1.29, 1.82) is 0 Å². The summed E-state index contributed by atoms with van der Waals surface area (Å²) in [4.78, 5) is 24.3. The summed E-state index contributed by atoms with van der Waals surface area (Å²) in [5.74, 6) is 0.377. The molecule has 0 saturated carbocycles. The Morgan fingerprint density at radius 3 is 2.95 bits per heavy atom. The molecule has 5 heteroatoms. The number of nitrogens with zero attached hydrogens (tertiary/aromatic N) is 3. The summed E-state index contributed by atoms with van der Waals surface area (Å²) < 4.78 is 0. The molecule has 1 aromatic heterocycles. The van der Waals surface area contributed by atoms with E-state index in [2.05, 4.69) is 24.0 Å². The Morgan fingerprint density at radius 1 is 1.43 bits per heavy atom. The Morgan fingerprint density at radius 2 is 2.29 bits per heavy atom. The van der Waals surface area contributed by atoms with Crippen LogP contribution in [0.1, 0.15) is 43.6 Å². The molecule has 0 aliphatic carbocycles. The molecule has 1 amide bonds. The van der Waals surface area contributed by atoms with Crippen molar-refractivity contribution in [3.63, 3.8) is 0 Å². The Labute approximate surface area is 125 Å². The van der Waals surface area contributed by atoms with Crippen LogP contribution >= 0.6 is 0 Å². The first-order chi connectivity index (χ1) is 10.1. The fourth-order valence-corrected chi connectivity index (χ4v) is 3.00. The summed E-state index contributed by atoms with van der Waals surface area (Å²) in [6.07, 6.45) is 4.38. The van der Waals surface area contributed by atoms with Gasteiger partial charge in [-0.3, -0.25) is 9.78 Å². The summed E-state index contributed by atoms with van der Waals surface area (Å²) >= 11 is 0. The second-order valence-electron chi connectivity index (χ2n) is 6.23. The van der Waals surface area contributed by atoms with E-state index in [0.29, 0.717) is 18.2 Å². The lowest BCUT2D eigenvalue weighted by molar-refractivity contribution is -0.0619. The van der Waals surface area contributed by atoms with Crippen molar-refractivity contribution < 1.29 is 9.63 Å². The Balaban J connectivity index is 1.71. The van der Waals surface area contributed by atoms with Gasteiger partial charge < -0.3 is 9.74 Å². The van der Waals surface area contributed by atoms with Crippen molar-refractivity contribution >= 4 is 11.6 Å². The van der Waals surface area contributed by atoms with Crippen LogP contribution in [0.25, 0.3) is 0 Å². The second kappa shape index (κ2) is 5.47. The van der Waals surface area contributed by atoms with E-state index in [-0.39, 0.29) is 11.5 Å². The summed E-state index contributed by atoms with van der Waals surface area (Å²) in [7, 11) is 0. The van der Waals surface area contributed by atoms with Crippen molar-refractivity contribution in [3.8, 4) is 0 Å². The topological polar surface area (TPSA) is 54.8 Å². The highest BCUT2D eigenvalue weighted by atomic mass is 16.7. The van der Waals surface area contributed by atoms with E-state index in [1.807, 2.05) is 17.0 Å². The van der Waals surface area contributed by atoms with Gasteiger partial charge in [-0.1, -0.05) is 25.1 Å². The zero-order valence-corrected chi connectivity index (χ0v) is 12.6. The number of amides is 1. The minimum atomic E-state index is -0.317. The van der Waals surface area contributed by atoms with Crippen molar-refractivity contribution in [2.24, 2.45) is 11.1 Å². The van der Waals surface area contributed by atoms with E-state index in [4.69, 9.17) is 4.84 Å². The first-order valence-corrected chi connectivity index (χ1v) is 7.55. The second-order valence-corrected chi connectivity index (χ2v) is 6.23. The molecule has 0 radical (unpaired) electrons. The smallest absolute Gasteiger partial charge is 0.272 e. The van der Waals surface area contributed by atoms with Crippen molar-refractivity contribution in [1.82, 2.24) is 9.88 Å². The lowest BCUT2D eigenvalue weighted by Gasteiger charge is -2.38. The van der Waals surface area contributed by atoms with E-state index in [1.165, 1.54) is 0 Å². The van der Waals surface area contributed by atoms with E-state index >= 15 is 0 Å². The molecule has 1 spiro atoms. The van der Waals surface area contributed by atoms with Crippen LogP contribution in [0.3, 0.4) is 0 Å². The predicted molar refractivity (Wildman–Crippen MR) is 80.1 cm³/mol. The zero-order valence-electron chi connectivity index (χ0n) is 12.6. The molecule has 0 aromatic carbocycles. The van der Waals surface area contributed by atoms with Gasteiger partial charge in [0.25, 0.3) is 5.91 Å². The van der Waals surface area contributed by atoms with Crippen LogP contribution in [-0.2, 0) is 4.84 Å². The predicted octanol–water partition coefficient (Wildman–Crippen LogP) is 2.49. The van der Waals surface area contributed by atoms with Gasteiger partial charge in [0.15, 0.2) is 5.60 Å². The van der Waals surface area contributed by atoms with Crippen molar-refractivity contribution in [2.75, 3.05) is 13.1 Å². The average molecular weight is 287 g/mol. The minimum Gasteiger partial charge on any atom is -0.387 e. The number of carbonyl (C=O) groups is 1. The minimum absolute atomic E-state index is 0.0173. The largest absolute Gasteiger partial charge is 0.387 e.